The zero-order chi connectivity index (χ0) is 19.7. The number of fused-ring (bicyclic) bond motifs is 1. The minimum absolute atomic E-state index is 0.0690. The summed E-state index contributed by atoms with van der Waals surface area (Å²) in [6, 6.07) is 5.44. The Morgan fingerprint density at radius 1 is 0.852 bits per heavy atom. The summed E-state index contributed by atoms with van der Waals surface area (Å²) in [4.78, 5) is 12.2. The van der Waals surface area contributed by atoms with E-state index in [4.69, 9.17) is 0 Å². The molecule has 1 N–H and O–H groups in total. The molecule has 0 unspecified atom stereocenters. The van der Waals surface area contributed by atoms with Crippen molar-refractivity contribution in [1.82, 2.24) is 15.0 Å². The van der Waals surface area contributed by atoms with Gasteiger partial charge in [-0.05, 0) is 36.2 Å². The molecule has 0 radical (unpaired) electrons. The van der Waals surface area contributed by atoms with Crippen LogP contribution >= 0.6 is 0 Å². The molecule has 0 spiro atoms. The highest BCUT2D eigenvalue weighted by Crippen LogP contribution is 2.40. The predicted molar refractivity (Wildman–Crippen MR) is 86.0 cm³/mol. The van der Waals surface area contributed by atoms with Crippen LogP contribution in [0.3, 0.4) is 0 Å². The van der Waals surface area contributed by atoms with E-state index in [1.54, 1.807) is 18.3 Å². The summed E-state index contributed by atoms with van der Waals surface area (Å²) in [5.41, 5.74) is -2.19. The number of alkyl halides is 6. The molecule has 0 bridgehead atoms. The van der Waals surface area contributed by atoms with Crippen molar-refractivity contribution in [3.63, 3.8) is 0 Å². The fourth-order valence-corrected chi connectivity index (χ4v) is 2.58. The Morgan fingerprint density at radius 3 is 2.30 bits per heavy atom. The third-order valence-corrected chi connectivity index (χ3v) is 3.80. The van der Waals surface area contributed by atoms with E-state index < -0.39 is 23.5 Å². The van der Waals surface area contributed by atoms with Crippen molar-refractivity contribution in [2.75, 3.05) is 11.9 Å². The smallest absolute Gasteiger partial charge is 0.368 e. The van der Waals surface area contributed by atoms with Gasteiger partial charge in [-0.15, -0.1) is 0 Å². The summed E-state index contributed by atoms with van der Waals surface area (Å²) in [6.45, 7) is 0.158. The molecule has 0 aliphatic rings. The summed E-state index contributed by atoms with van der Waals surface area (Å²) in [6.07, 6.45) is -7.25. The van der Waals surface area contributed by atoms with Crippen LogP contribution in [-0.2, 0) is 18.8 Å². The number of nitrogens with zero attached hydrogens (tertiary/aromatic N) is 3. The molecule has 0 saturated carbocycles. The van der Waals surface area contributed by atoms with Crippen LogP contribution in [-0.4, -0.2) is 21.5 Å². The molecule has 10 heteroatoms. The first-order valence-electron chi connectivity index (χ1n) is 7.73. The van der Waals surface area contributed by atoms with E-state index in [0.29, 0.717) is 29.0 Å². The van der Waals surface area contributed by atoms with Crippen LogP contribution in [0.2, 0.25) is 0 Å². The number of rotatable bonds is 4. The van der Waals surface area contributed by atoms with Crippen LogP contribution in [0, 0.1) is 0 Å². The van der Waals surface area contributed by atoms with Gasteiger partial charge in [-0.1, -0.05) is 6.07 Å². The Labute approximate surface area is 149 Å². The molecule has 3 rings (SSSR count). The number of nitrogens with one attached hydrogen (secondary N) is 1. The van der Waals surface area contributed by atoms with Crippen LogP contribution in [0.15, 0.2) is 42.9 Å². The van der Waals surface area contributed by atoms with Crippen LogP contribution in [0.1, 0.15) is 16.7 Å². The van der Waals surface area contributed by atoms with Gasteiger partial charge in [0, 0.05) is 12.7 Å². The molecule has 0 saturated heterocycles. The lowest BCUT2D eigenvalue weighted by Crippen LogP contribution is -2.17. The fourth-order valence-electron chi connectivity index (χ4n) is 2.58. The van der Waals surface area contributed by atoms with Crippen molar-refractivity contribution in [2.24, 2.45) is 0 Å². The first-order chi connectivity index (χ1) is 12.7. The Bertz CT molecular complexity index is 947. The van der Waals surface area contributed by atoms with E-state index in [1.165, 1.54) is 6.33 Å². The topological polar surface area (TPSA) is 50.7 Å². The van der Waals surface area contributed by atoms with Gasteiger partial charge in [0.2, 0.25) is 0 Å². The fraction of sp³-hybridized carbons (Fsp3) is 0.235. The molecular weight excluding hydrogens is 374 g/mol. The molecule has 1 aromatic carbocycles. The number of benzene rings is 1. The number of halogens is 6. The van der Waals surface area contributed by atoms with E-state index >= 15 is 0 Å². The van der Waals surface area contributed by atoms with Crippen LogP contribution in [0.4, 0.5) is 32.2 Å². The van der Waals surface area contributed by atoms with Gasteiger partial charge in [-0.2, -0.15) is 26.3 Å². The molecule has 142 valence electrons. The highest BCUT2D eigenvalue weighted by molar-refractivity contribution is 5.84. The molecule has 27 heavy (non-hydrogen) atoms. The van der Waals surface area contributed by atoms with Gasteiger partial charge in [-0.25, -0.2) is 9.97 Å². The molecule has 4 nitrogen and oxygen atoms in total. The molecule has 0 fully saturated rings. The average Bonchev–Trinajstić information content (AvgIpc) is 2.60. The Morgan fingerprint density at radius 2 is 1.59 bits per heavy atom. The minimum atomic E-state index is -5.10. The SMILES string of the molecule is FC(F)(F)c1ccc(CCNc2ncnc3cccnc23)cc1C(F)(F)F. The summed E-state index contributed by atoms with van der Waals surface area (Å²) in [5.74, 6) is 0.392. The van der Waals surface area contributed by atoms with E-state index in [9.17, 15) is 26.3 Å². The number of hydrogen-bond acceptors (Lipinski definition) is 4. The van der Waals surface area contributed by atoms with Gasteiger partial charge in [0.1, 0.15) is 11.8 Å². The molecule has 0 aliphatic heterocycles. The lowest BCUT2D eigenvalue weighted by Gasteiger charge is -2.16. The minimum Gasteiger partial charge on any atom is -0.368 e. The Balaban J connectivity index is 1.78. The van der Waals surface area contributed by atoms with Gasteiger partial charge in [0.25, 0.3) is 0 Å². The van der Waals surface area contributed by atoms with Crippen molar-refractivity contribution in [3.05, 3.63) is 59.5 Å². The van der Waals surface area contributed by atoms with Gasteiger partial charge >= 0.3 is 12.4 Å². The maximum atomic E-state index is 13.0. The lowest BCUT2D eigenvalue weighted by molar-refractivity contribution is -0.162. The van der Waals surface area contributed by atoms with Crippen molar-refractivity contribution < 1.29 is 26.3 Å². The highest BCUT2D eigenvalue weighted by atomic mass is 19.4. The zero-order valence-corrected chi connectivity index (χ0v) is 13.6. The third-order valence-electron chi connectivity index (χ3n) is 3.80. The predicted octanol–water partition coefficient (Wildman–Crippen LogP) is 4.72. The quantitative estimate of drug-likeness (QED) is 0.660. The monoisotopic (exact) mass is 386 g/mol. The second kappa shape index (κ2) is 7.01. The number of anilines is 1. The van der Waals surface area contributed by atoms with Crippen molar-refractivity contribution in [1.29, 1.82) is 0 Å². The van der Waals surface area contributed by atoms with Crippen molar-refractivity contribution in [3.8, 4) is 0 Å². The maximum Gasteiger partial charge on any atom is 0.417 e. The second-order valence-electron chi connectivity index (χ2n) is 5.65. The molecular formula is C17H12F6N4. The first-order valence-corrected chi connectivity index (χ1v) is 7.73. The molecule has 0 aliphatic carbocycles. The van der Waals surface area contributed by atoms with Crippen LogP contribution in [0.5, 0.6) is 0 Å². The number of pyridine rings is 1. The summed E-state index contributed by atoms with van der Waals surface area (Å²) in [7, 11) is 0. The first kappa shape index (κ1) is 18.9. The molecule has 2 heterocycles. The third kappa shape index (κ3) is 4.26. The number of hydrogen-bond donors (Lipinski definition) is 1. The van der Waals surface area contributed by atoms with E-state index in [0.717, 1.165) is 6.07 Å². The van der Waals surface area contributed by atoms with Crippen LogP contribution < -0.4 is 5.32 Å². The zero-order valence-electron chi connectivity index (χ0n) is 13.6. The van der Waals surface area contributed by atoms with Gasteiger partial charge in [-0.3, -0.25) is 4.98 Å². The highest BCUT2D eigenvalue weighted by Gasteiger charge is 2.42. The van der Waals surface area contributed by atoms with Crippen molar-refractivity contribution >= 4 is 16.9 Å². The van der Waals surface area contributed by atoms with E-state index in [2.05, 4.69) is 20.3 Å². The Kier molecular flexibility index (Phi) is 4.90. The average molecular weight is 386 g/mol. The maximum absolute atomic E-state index is 13.0. The molecule has 0 amide bonds. The summed E-state index contributed by atoms with van der Waals surface area (Å²) >= 11 is 0. The summed E-state index contributed by atoms with van der Waals surface area (Å²) in [5, 5.41) is 2.92. The van der Waals surface area contributed by atoms with E-state index in [-0.39, 0.29) is 18.5 Å². The van der Waals surface area contributed by atoms with Crippen LogP contribution in [0.25, 0.3) is 11.0 Å². The largest absolute Gasteiger partial charge is 0.417 e. The van der Waals surface area contributed by atoms with Gasteiger partial charge in [0.15, 0.2) is 5.82 Å². The van der Waals surface area contributed by atoms with Crippen molar-refractivity contribution in [2.45, 2.75) is 18.8 Å². The van der Waals surface area contributed by atoms with Gasteiger partial charge in [0.05, 0.1) is 16.6 Å². The lowest BCUT2D eigenvalue weighted by atomic mass is 10.0. The molecule has 0 atom stereocenters. The molecule has 2 aromatic heterocycles. The standard InChI is InChI=1S/C17H12F6N4/c18-16(19,20)11-4-3-10(8-12(11)17(21,22)23)5-7-25-15-14-13(26-9-27-15)2-1-6-24-14/h1-4,6,8-9H,5,7H2,(H,25,26,27). The van der Waals surface area contributed by atoms with E-state index in [1.807, 2.05) is 0 Å². The Hall–Kier alpha value is -2.91. The second-order valence-corrected chi connectivity index (χ2v) is 5.65. The summed E-state index contributed by atoms with van der Waals surface area (Å²) < 4.78 is 77.3. The number of aromatic nitrogens is 3. The van der Waals surface area contributed by atoms with Gasteiger partial charge < -0.3 is 5.32 Å². The normalized spacial score (nSPS) is 12.4. The molecule has 3 aromatic rings.